The first-order chi connectivity index (χ1) is 13.5. The van der Waals surface area contributed by atoms with Crippen molar-refractivity contribution in [2.24, 2.45) is 5.92 Å². The van der Waals surface area contributed by atoms with E-state index >= 15 is 0 Å². The average Bonchev–Trinajstić information content (AvgIpc) is 2.73. The van der Waals surface area contributed by atoms with Crippen molar-refractivity contribution in [3.63, 3.8) is 0 Å². The quantitative estimate of drug-likeness (QED) is 0.850. The maximum absolute atomic E-state index is 12.3. The van der Waals surface area contributed by atoms with Gasteiger partial charge in [0, 0.05) is 25.2 Å². The lowest BCUT2D eigenvalue weighted by Gasteiger charge is -2.31. The topological polar surface area (TPSA) is 58.6 Å². The minimum atomic E-state index is -0.263. The lowest BCUT2D eigenvalue weighted by molar-refractivity contribution is 0.0801. The molecule has 2 aromatic rings. The van der Waals surface area contributed by atoms with Gasteiger partial charge in [0.05, 0.1) is 0 Å². The van der Waals surface area contributed by atoms with Gasteiger partial charge >= 0.3 is 6.09 Å². The Morgan fingerprint density at radius 2 is 1.75 bits per heavy atom. The van der Waals surface area contributed by atoms with Gasteiger partial charge in [0.15, 0.2) is 0 Å². The zero-order valence-corrected chi connectivity index (χ0v) is 16.6. The number of hydrogen-bond donors (Lipinski definition) is 1. The number of aryl methyl sites for hydroxylation is 2. The summed E-state index contributed by atoms with van der Waals surface area (Å²) in [5, 5.41) is 3.03. The number of amides is 2. The smallest absolute Gasteiger partial charge is 0.410 e. The zero-order valence-electron chi connectivity index (χ0n) is 16.6. The van der Waals surface area contributed by atoms with Crippen LogP contribution in [0.15, 0.2) is 48.5 Å². The number of carbonyl (C=O) groups is 2. The van der Waals surface area contributed by atoms with Gasteiger partial charge in [0.2, 0.25) is 0 Å². The minimum absolute atomic E-state index is 0.0344. The van der Waals surface area contributed by atoms with Crippen LogP contribution in [-0.2, 0) is 11.3 Å². The second-order valence-electron chi connectivity index (χ2n) is 7.48. The molecular weight excluding hydrogens is 352 g/mol. The van der Waals surface area contributed by atoms with E-state index in [0.29, 0.717) is 37.7 Å². The second-order valence-corrected chi connectivity index (χ2v) is 7.48. The van der Waals surface area contributed by atoms with Crippen LogP contribution < -0.4 is 5.32 Å². The summed E-state index contributed by atoms with van der Waals surface area (Å²) < 4.78 is 5.40. The summed E-state index contributed by atoms with van der Waals surface area (Å²) >= 11 is 0. The van der Waals surface area contributed by atoms with E-state index in [0.717, 1.165) is 24.0 Å². The van der Waals surface area contributed by atoms with E-state index in [-0.39, 0.29) is 12.0 Å². The Labute approximate surface area is 166 Å². The van der Waals surface area contributed by atoms with Crippen molar-refractivity contribution < 1.29 is 14.3 Å². The Morgan fingerprint density at radius 3 is 2.43 bits per heavy atom. The Morgan fingerprint density at radius 1 is 1.04 bits per heavy atom. The fourth-order valence-corrected chi connectivity index (χ4v) is 3.35. The molecule has 0 aromatic heterocycles. The van der Waals surface area contributed by atoms with Crippen LogP contribution in [0.4, 0.5) is 4.79 Å². The van der Waals surface area contributed by atoms with Crippen molar-refractivity contribution in [3.05, 3.63) is 70.8 Å². The van der Waals surface area contributed by atoms with Crippen LogP contribution in [0.2, 0.25) is 0 Å². The molecule has 148 valence electrons. The maximum atomic E-state index is 12.3. The molecule has 1 fully saturated rings. The average molecular weight is 380 g/mol. The highest BCUT2D eigenvalue weighted by Gasteiger charge is 2.24. The van der Waals surface area contributed by atoms with E-state index in [1.54, 1.807) is 4.90 Å². The molecule has 1 N–H and O–H groups in total. The summed E-state index contributed by atoms with van der Waals surface area (Å²) in [4.78, 5) is 26.3. The van der Waals surface area contributed by atoms with Crippen LogP contribution in [-0.4, -0.2) is 36.5 Å². The number of likely N-dealkylation sites (tertiary alicyclic amines) is 1. The molecule has 1 aliphatic heterocycles. The first-order valence-corrected chi connectivity index (χ1v) is 9.84. The van der Waals surface area contributed by atoms with Crippen LogP contribution in [0, 0.1) is 19.8 Å². The third-order valence-electron chi connectivity index (χ3n) is 5.40. The Hall–Kier alpha value is -2.82. The molecule has 3 rings (SSSR count). The first-order valence-electron chi connectivity index (χ1n) is 9.84. The van der Waals surface area contributed by atoms with E-state index in [1.165, 1.54) is 5.56 Å². The molecule has 0 spiro atoms. The molecule has 5 heteroatoms. The first kappa shape index (κ1) is 19.9. The fraction of sp³-hybridized carbons (Fsp3) is 0.391. The number of ether oxygens (including phenoxy) is 1. The van der Waals surface area contributed by atoms with Crippen molar-refractivity contribution in [2.75, 3.05) is 19.6 Å². The van der Waals surface area contributed by atoms with Gasteiger partial charge in [-0.1, -0.05) is 36.4 Å². The molecular formula is C23H28N2O3. The van der Waals surface area contributed by atoms with Crippen molar-refractivity contribution >= 4 is 12.0 Å². The Balaban J connectivity index is 1.39. The van der Waals surface area contributed by atoms with Gasteiger partial charge in [0.25, 0.3) is 5.91 Å². The van der Waals surface area contributed by atoms with Gasteiger partial charge in [-0.05, 0) is 61.4 Å². The van der Waals surface area contributed by atoms with Crippen LogP contribution >= 0.6 is 0 Å². The molecule has 0 bridgehead atoms. The van der Waals surface area contributed by atoms with E-state index in [1.807, 2.05) is 62.4 Å². The number of piperidine rings is 1. The maximum Gasteiger partial charge on any atom is 0.410 e. The molecule has 1 saturated heterocycles. The molecule has 2 amide bonds. The summed E-state index contributed by atoms with van der Waals surface area (Å²) in [5.41, 5.74) is 3.99. The lowest BCUT2D eigenvalue weighted by atomic mass is 9.97. The van der Waals surface area contributed by atoms with Gasteiger partial charge < -0.3 is 15.0 Å². The predicted molar refractivity (Wildman–Crippen MR) is 109 cm³/mol. The van der Waals surface area contributed by atoms with E-state index < -0.39 is 0 Å². The van der Waals surface area contributed by atoms with Crippen molar-refractivity contribution in [1.29, 1.82) is 0 Å². The highest BCUT2D eigenvalue weighted by atomic mass is 16.6. The van der Waals surface area contributed by atoms with Gasteiger partial charge in [-0.2, -0.15) is 0 Å². The molecule has 2 aromatic carbocycles. The monoisotopic (exact) mass is 380 g/mol. The molecule has 0 unspecified atom stereocenters. The number of benzene rings is 2. The highest BCUT2D eigenvalue weighted by Crippen LogP contribution is 2.18. The zero-order chi connectivity index (χ0) is 19.9. The summed E-state index contributed by atoms with van der Waals surface area (Å²) in [6, 6.07) is 15.5. The Kier molecular flexibility index (Phi) is 6.69. The van der Waals surface area contributed by atoms with Crippen LogP contribution in [0.5, 0.6) is 0 Å². The number of nitrogens with one attached hydrogen (secondary N) is 1. The predicted octanol–water partition coefficient (Wildman–Crippen LogP) is 4.08. The van der Waals surface area contributed by atoms with Gasteiger partial charge in [0.1, 0.15) is 6.61 Å². The Bertz CT molecular complexity index is 812. The largest absolute Gasteiger partial charge is 0.445 e. The molecule has 0 atom stereocenters. The van der Waals surface area contributed by atoms with Crippen LogP contribution in [0.1, 0.15) is 39.9 Å². The summed E-state index contributed by atoms with van der Waals surface area (Å²) in [6.45, 7) is 6.31. The fourth-order valence-electron chi connectivity index (χ4n) is 3.35. The molecule has 1 heterocycles. The van der Waals surface area contributed by atoms with Crippen LogP contribution in [0.25, 0.3) is 0 Å². The van der Waals surface area contributed by atoms with E-state index in [2.05, 4.69) is 5.32 Å². The molecule has 1 aliphatic rings. The van der Waals surface area contributed by atoms with Crippen molar-refractivity contribution in [1.82, 2.24) is 10.2 Å². The lowest BCUT2D eigenvalue weighted by Crippen LogP contribution is -2.41. The van der Waals surface area contributed by atoms with Crippen LogP contribution in [0.3, 0.4) is 0 Å². The third-order valence-corrected chi connectivity index (χ3v) is 5.40. The van der Waals surface area contributed by atoms with Gasteiger partial charge in [-0.25, -0.2) is 4.79 Å². The third kappa shape index (κ3) is 5.35. The molecule has 28 heavy (non-hydrogen) atoms. The SMILES string of the molecule is Cc1ccc(C(=O)NCC2CCN(C(=O)OCc3ccccc3)CC2)cc1C. The summed E-state index contributed by atoms with van der Waals surface area (Å²) in [6.07, 6.45) is 1.47. The normalized spacial score (nSPS) is 14.6. The number of rotatable bonds is 5. The molecule has 0 radical (unpaired) electrons. The standard InChI is InChI=1S/C23H28N2O3/c1-17-8-9-21(14-18(17)2)22(26)24-15-19-10-12-25(13-11-19)23(27)28-16-20-6-4-3-5-7-20/h3-9,14,19H,10-13,15-16H2,1-2H3,(H,24,26). The van der Waals surface area contributed by atoms with Crippen molar-refractivity contribution in [3.8, 4) is 0 Å². The molecule has 0 aliphatic carbocycles. The van der Waals surface area contributed by atoms with Gasteiger partial charge in [-0.15, -0.1) is 0 Å². The number of nitrogens with zero attached hydrogens (tertiary/aromatic N) is 1. The number of hydrogen-bond acceptors (Lipinski definition) is 3. The second kappa shape index (κ2) is 9.40. The minimum Gasteiger partial charge on any atom is -0.445 e. The number of carbonyl (C=O) groups excluding carboxylic acids is 2. The van der Waals surface area contributed by atoms with E-state index in [9.17, 15) is 9.59 Å². The summed E-state index contributed by atoms with van der Waals surface area (Å²) in [7, 11) is 0. The molecule has 0 saturated carbocycles. The van der Waals surface area contributed by atoms with Gasteiger partial charge in [-0.3, -0.25) is 4.79 Å². The summed E-state index contributed by atoms with van der Waals surface area (Å²) in [5.74, 6) is 0.349. The van der Waals surface area contributed by atoms with Crippen molar-refractivity contribution in [2.45, 2.75) is 33.3 Å². The molecule has 5 nitrogen and oxygen atoms in total. The highest BCUT2D eigenvalue weighted by molar-refractivity contribution is 5.94. The van der Waals surface area contributed by atoms with E-state index in [4.69, 9.17) is 4.74 Å².